The molecule has 0 spiro atoms. The highest BCUT2D eigenvalue weighted by molar-refractivity contribution is 5.80. The minimum atomic E-state index is -0.465. The summed E-state index contributed by atoms with van der Waals surface area (Å²) in [6.07, 6.45) is 1.11. The van der Waals surface area contributed by atoms with Gasteiger partial charge in [-0.1, -0.05) is 24.3 Å². The second-order valence-electron chi connectivity index (χ2n) is 6.18. The Labute approximate surface area is 162 Å². The largest absolute Gasteiger partial charge is 0.497 e. The van der Waals surface area contributed by atoms with Gasteiger partial charge in [-0.05, 0) is 36.2 Å². The summed E-state index contributed by atoms with van der Waals surface area (Å²) in [5, 5.41) is 2.73. The van der Waals surface area contributed by atoms with Crippen molar-refractivity contribution in [1.82, 2.24) is 10.3 Å². The van der Waals surface area contributed by atoms with Crippen LogP contribution >= 0.6 is 0 Å². The van der Waals surface area contributed by atoms with Crippen molar-refractivity contribution in [2.45, 2.75) is 19.3 Å². The van der Waals surface area contributed by atoms with E-state index in [0.29, 0.717) is 30.9 Å². The van der Waals surface area contributed by atoms with Gasteiger partial charge < -0.3 is 19.2 Å². The third-order valence-corrected chi connectivity index (χ3v) is 4.14. The van der Waals surface area contributed by atoms with Crippen molar-refractivity contribution in [2.75, 3.05) is 20.3 Å². The van der Waals surface area contributed by atoms with Crippen LogP contribution in [0.25, 0.3) is 11.1 Å². The van der Waals surface area contributed by atoms with Crippen LogP contribution < -0.4 is 10.1 Å². The average molecular weight is 382 g/mol. The zero-order valence-corrected chi connectivity index (χ0v) is 15.6. The molecule has 0 aliphatic rings. The van der Waals surface area contributed by atoms with Gasteiger partial charge in [0.1, 0.15) is 11.3 Å². The first-order chi connectivity index (χ1) is 13.6. The van der Waals surface area contributed by atoms with E-state index in [1.54, 1.807) is 7.11 Å². The summed E-state index contributed by atoms with van der Waals surface area (Å²) in [5.74, 6) is 0.468. The Kier molecular flexibility index (Phi) is 6.62. The second-order valence-corrected chi connectivity index (χ2v) is 6.18. The number of aryl methyl sites for hydroxylation is 1. The molecule has 7 nitrogen and oxygen atoms in total. The fourth-order valence-corrected chi connectivity index (χ4v) is 2.64. The lowest BCUT2D eigenvalue weighted by atomic mass is 10.1. The number of hydrogen-bond donors (Lipinski definition) is 1. The highest BCUT2D eigenvalue weighted by Gasteiger charge is 2.11. The molecule has 0 atom stereocenters. The van der Waals surface area contributed by atoms with E-state index in [9.17, 15) is 9.59 Å². The van der Waals surface area contributed by atoms with Gasteiger partial charge in [0.05, 0.1) is 13.5 Å². The number of carbonyl (C=O) groups is 2. The number of esters is 1. The first-order valence-electron chi connectivity index (χ1n) is 9.04. The molecule has 1 N–H and O–H groups in total. The number of hydrogen-bond acceptors (Lipinski definition) is 6. The number of rotatable bonds is 9. The van der Waals surface area contributed by atoms with Gasteiger partial charge in [-0.3, -0.25) is 9.59 Å². The molecule has 0 bridgehead atoms. The van der Waals surface area contributed by atoms with Crippen molar-refractivity contribution < 1.29 is 23.5 Å². The summed E-state index contributed by atoms with van der Waals surface area (Å²) in [6.45, 7) is 0.167. The minimum Gasteiger partial charge on any atom is -0.497 e. The number of oxazole rings is 1. The van der Waals surface area contributed by atoms with E-state index in [4.69, 9.17) is 13.9 Å². The molecule has 28 heavy (non-hydrogen) atoms. The molecule has 1 heterocycles. The monoisotopic (exact) mass is 382 g/mol. The standard InChI is InChI=1S/C21H22N2O5/c1-26-16-8-6-15(7-9-16)12-13-22-19(24)14-27-21(25)11-10-20-23-17-4-2-3-5-18(17)28-20/h2-9H,10-14H2,1H3,(H,22,24). The van der Waals surface area contributed by atoms with Crippen LogP contribution in [0.5, 0.6) is 5.75 Å². The second kappa shape index (κ2) is 9.55. The summed E-state index contributed by atoms with van der Waals surface area (Å²) in [4.78, 5) is 27.9. The molecule has 0 saturated carbocycles. The van der Waals surface area contributed by atoms with Crippen LogP contribution in [0.2, 0.25) is 0 Å². The Balaban J connectivity index is 1.32. The lowest BCUT2D eigenvalue weighted by molar-refractivity contribution is -0.148. The van der Waals surface area contributed by atoms with E-state index >= 15 is 0 Å². The molecule has 1 amide bonds. The van der Waals surface area contributed by atoms with E-state index in [2.05, 4.69) is 10.3 Å². The molecular weight excluding hydrogens is 360 g/mol. The topological polar surface area (TPSA) is 90.7 Å². The van der Waals surface area contributed by atoms with Gasteiger partial charge in [-0.25, -0.2) is 4.98 Å². The van der Waals surface area contributed by atoms with Gasteiger partial charge in [-0.2, -0.15) is 0 Å². The molecule has 1 aromatic heterocycles. The van der Waals surface area contributed by atoms with Crippen LogP contribution in [0.3, 0.4) is 0 Å². The summed E-state index contributed by atoms with van der Waals surface area (Å²) in [5.41, 5.74) is 2.51. The number of benzene rings is 2. The number of aromatic nitrogens is 1. The van der Waals surface area contributed by atoms with Gasteiger partial charge in [0.25, 0.3) is 5.91 Å². The van der Waals surface area contributed by atoms with Crippen LogP contribution in [-0.4, -0.2) is 37.1 Å². The molecule has 7 heteroatoms. The van der Waals surface area contributed by atoms with Gasteiger partial charge in [0.15, 0.2) is 18.1 Å². The smallest absolute Gasteiger partial charge is 0.306 e. The third kappa shape index (κ3) is 5.57. The maximum absolute atomic E-state index is 11.8. The Morgan fingerprint density at radius 1 is 1.07 bits per heavy atom. The Morgan fingerprint density at radius 3 is 2.61 bits per heavy atom. The first kappa shape index (κ1) is 19.4. The Morgan fingerprint density at radius 2 is 1.86 bits per heavy atom. The van der Waals surface area contributed by atoms with Crippen LogP contribution in [0.4, 0.5) is 0 Å². The quantitative estimate of drug-likeness (QED) is 0.572. The van der Waals surface area contributed by atoms with E-state index in [-0.39, 0.29) is 18.9 Å². The Hall–Kier alpha value is -3.35. The van der Waals surface area contributed by atoms with Crippen molar-refractivity contribution in [3.8, 4) is 5.75 Å². The van der Waals surface area contributed by atoms with Crippen molar-refractivity contribution >= 4 is 23.0 Å². The van der Waals surface area contributed by atoms with Gasteiger partial charge >= 0.3 is 5.97 Å². The molecule has 2 aromatic carbocycles. The summed E-state index contributed by atoms with van der Waals surface area (Å²) >= 11 is 0. The molecule has 0 aliphatic carbocycles. The number of ether oxygens (including phenoxy) is 2. The predicted octanol–water partition coefficient (Wildman–Crippen LogP) is 2.67. The lowest BCUT2D eigenvalue weighted by Crippen LogP contribution is -2.30. The fraction of sp³-hybridized carbons (Fsp3) is 0.286. The van der Waals surface area contributed by atoms with Crippen molar-refractivity contribution in [3.63, 3.8) is 0 Å². The minimum absolute atomic E-state index is 0.103. The highest BCUT2D eigenvalue weighted by atomic mass is 16.5. The fourth-order valence-electron chi connectivity index (χ4n) is 2.64. The van der Waals surface area contributed by atoms with Crippen molar-refractivity contribution in [3.05, 3.63) is 60.0 Å². The number of para-hydroxylation sites is 2. The molecular formula is C21H22N2O5. The lowest BCUT2D eigenvalue weighted by Gasteiger charge is -2.07. The number of fused-ring (bicyclic) bond motifs is 1. The normalized spacial score (nSPS) is 10.6. The van der Waals surface area contributed by atoms with Gasteiger partial charge in [0.2, 0.25) is 0 Å². The third-order valence-electron chi connectivity index (χ3n) is 4.14. The number of methoxy groups -OCH3 is 1. The molecule has 0 radical (unpaired) electrons. The van der Waals surface area contributed by atoms with E-state index < -0.39 is 5.97 Å². The molecule has 146 valence electrons. The van der Waals surface area contributed by atoms with Crippen LogP contribution in [0.15, 0.2) is 52.9 Å². The molecule has 3 rings (SSSR count). The van der Waals surface area contributed by atoms with Crippen molar-refractivity contribution in [2.24, 2.45) is 0 Å². The van der Waals surface area contributed by atoms with E-state index in [0.717, 1.165) is 16.8 Å². The zero-order chi connectivity index (χ0) is 19.8. The molecule has 0 saturated heterocycles. The molecule has 3 aromatic rings. The number of amides is 1. The highest BCUT2D eigenvalue weighted by Crippen LogP contribution is 2.15. The summed E-state index contributed by atoms with van der Waals surface area (Å²) in [7, 11) is 1.61. The first-order valence-corrected chi connectivity index (χ1v) is 9.04. The summed E-state index contributed by atoms with van der Waals surface area (Å²) < 4.78 is 15.6. The van der Waals surface area contributed by atoms with Gasteiger partial charge in [0, 0.05) is 13.0 Å². The van der Waals surface area contributed by atoms with Gasteiger partial charge in [-0.15, -0.1) is 0 Å². The SMILES string of the molecule is COc1ccc(CCNC(=O)COC(=O)CCc2nc3ccccc3o2)cc1. The van der Waals surface area contributed by atoms with Crippen LogP contribution in [0.1, 0.15) is 17.9 Å². The number of nitrogens with zero attached hydrogens (tertiary/aromatic N) is 1. The molecule has 0 unspecified atom stereocenters. The number of carbonyl (C=O) groups excluding carboxylic acids is 2. The Bertz CT molecular complexity index is 900. The average Bonchev–Trinajstić information content (AvgIpc) is 3.14. The zero-order valence-electron chi connectivity index (χ0n) is 15.6. The number of nitrogens with one attached hydrogen (secondary N) is 1. The van der Waals surface area contributed by atoms with Crippen LogP contribution in [-0.2, 0) is 27.2 Å². The maximum Gasteiger partial charge on any atom is 0.306 e. The molecule has 0 aliphatic heterocycles. The van der Waals surface area contributed by atoms with E-state index in [1.807, 2.05) is 48.5 Å². The summed E-state index contributed by atoms with van der Waals surface area (Å²) in [6, 6.07) is 15.0. The molecule has 0 fully saturated rings. The van der Waals surface area contributed by atoms with E-state index in [1.165, 1.54) is 0 Å². The predicted molar refractivity (Wildman–Crippen MR) is 103 cm³/mol. The van der Waals surface area contributed by atoms with Crippen LogP contribution in [0, 0.1) is 0 Å². The van der Waals surface area contributed by atoms with Crippen molar-refractivity contribution in [1.29, 1.82) is 0 Å². The maximum atomic E-state index is 11.8.